The number of halogens is 2. The van der Waals surface area contributed by atoms with Crippen LogP contribution in [-0.4, -0.2) is 23.4 Å². The van der Waals surface area contributed by atoms with Crippen LogP contribution in [0.5, 0.6) is 0 Å². The Morgan fingerprint density at radius 1 is 1.14 bits per heavy atom. The van der Waals surface area contributed by atoms with Crippen molar-refractivity contribution in [2.45, 2.75) is 6.42 Å². The molecule has 0 aliphatic rings. The summed E-state index contributed by atoms with van der Waals surface area (Å²) in [5.41, 5.74) is 0.893. The number of aliphatic hydroxyl groups excluding tert-OH is 2. The third-order valence-corrected chi connectivity index (χ3v) is 2.63. The van der Waals surface area contributed by atoms with Crippen molar-refractivity contribution in [3.63, 3.8) is 0 Å². The molecule has 0 heterocycles. The quantitative estimate of drug-likeness (QED) is 0.839. The lowest BCUT2D eigenvalue weighted by molar-refractivity contribution is 0.150. The van der Waals surface area contributed by atoms with E-state index in [0.717, 1.165) is 5.56 Å². The molecule has 0 atom stereocenters. The molecule has 0 fully saturated rings. The maximum Gasteiger partial charge on any atom is 0.0484 e. The van der Waals surface area contributed by atoms with E-state index < -0.39 is 0 Å². The maximum absolute atomic E-state index is 8.90. The summed E-state index contributed by atoms with van der Waals surface area (Å²) < 4.78 is 0. The van der Waals surface area contributed by atoms with Gasteiger partial charge in [0.1, 0.15) is 0 Å². The molecular weight excluding hydrogens is 223 g/mol. The van der Waals surface area contributed by atoms with Gasteiger partial charge in [-0.2, -0.15) is 0 Å². The van der Waals surface area contributed by atoms with Crippen LogP contribution >= 0.6 is 23.2 Å². The van der Waals surface area contributed by atoms with Crippen LogP contribution < -0.4 is 0 Å². The average Bonchev–Trinajstić information content (AvgIpc) is 2.17. The Bertz CT molecular complexity index is 298. The van der Waals surface area contributed by atoms with Crippen LogP contribution in [0.2, 0.25) is 10.0 Å². The summed E-state index contributed by atoms with van der Waals surface area (Å²) in [5, 5.41) is 19.0. The van der Waals surface area contributed by atoms with Crippen LogP contribution in [-0.2, 0) is 6.42 Å². The zero-order valence-electron chi connectivity index (χ0n) is 7.58. The number of hydrogen-bond donors (Lipinski definition) is 2. The topological polar surface area (TPSA) is 40.5 Å². The molecule has 0 saturated heterocycles. The van der Waals surface area contributed by atoms with Gasteiger partial charge in [0.25, 0.3) is 0 Å². The molecule has 14 heavy (non-hydrogen) atoms. The second-order valence-corrected chi connectivity index (χ2v) is 4.01. The van der Waals surface area contributed by atoms with Crippen molar-refractivity contribution in [2.24, 2.45) is 5.92 Å². The van der Waals surface area contributed by atoms with Gasteiger partial charge in [-0.3, -0.25) is 0 Å². The number of hydrogen-bond acceptors (Lipinski definition) is 2. The molecule has 0 unspecified atom stereocenters. The Morgan fingerprint density at radius 3 is 2.29 bits per heavy atom. The molecule has 0 aromatic heterocycles. The number of aliphatic hydroxyl groups is 2. The normalized spacial score (nSPS) is 10.9. The summed E-state index contributed by atoms with van der Waals surface area (Å²) in [5.74, 6) is -0.159. The molecule has 0 aliphatic carbocycles. The van der Waals surface area contributed by atoms with Crippen LogP contribution in [0.15, 0.2) is 18.2 Å². The highest BCUT2D eigenvalue weighted by Gasteiger charge is 2.09. The molecular formula is C10H12Cl2O2. The third-order valence-electron chi connectivity index (χ3n) is 2.04. The Hall–Kier alpha value is -0.280. The predicted molar refractivity (Wildman–Crippen MR) is 57.8 cm³/mol. The monoisotopic (exact) mass is 234 g/mol. The molecule has 4 heteroatoms. The van der Waals surface area contributed by atoms with Crippen molar-refractivity contribution in [3.05, 3.63) is 33.8 Å². The summed E-state index contributed by atoms with van der Waals surface area (Å²) in [6, 6.07) is 5.21. The second-order valence-electron chi connectivity index (χ2n) is 3.17. The Balaban J connectivity index is 2.76. The van der Waals surface area contributed by atoms with Crippen molar-refractivity contribution in [1.29, 1.82) is 0 Å². The van der Waals surface area contributed by atoms with Gasteiger partial charge >= 0.3 is 0 Å². The lowest BCUT2D eigenvalue weighted by Gasteiger charge is -2.11. The van der Waals surface area contributed by atoms with Crippen LogP contribution in [0.1, 0.15) is 5.56 Å². The molecule has 0 radical (unpaired) electrons. The van der Waals surface area contributed by atoms with Crippen molar-refractivity contribution >= 4 is 23.2 Å². The molecule has 0 saturated carbocycles. The fourth-order valence-electron chi connectivity index (χ4n) is 1.19. The van der Waals surface area contributed by atoms with Gasteiger partial charge in [0.2, 0.25) is 0 Å². The highest BCUT2D eigenvalue weighted by molar-refractivity contribution is 6.35. The molecule has 2 nitrogen and oxygen atoms in total. The molecule has 0 spiro atoms. The largest absolute Gasteiger partial charge is 0.396 e. The van der Waals surface area contributed by atoms with Gasteiger partial charge in [-0.15, -0.1) is 0 Å². The standard InChI is InChI=1S/C10H12Cl2O2/c11-9-2-1-8(10(12)4-9)3-7(5-13)6-14/h1-2,4,7,13-14H,3,5-6H2. The Morgan fingerprint density at radius 2 is 1.79 bits per heavy atom. The van der Waals surface area contributed by atoms with Gasteiger partial charge in [-0.1, -0.05) is 29.3 Å². The smallest absolute Gasteiger partial charge is 0.0484 e. The first kappa shape index (κ1) is 11.8. The first-order valence-corrected chi connectivity index (χ1v) is 5.08. The minimum Gasteiger partial charge on any atom is -0.396 e. The highest BCUT2D eigenvalue weighted by atomic mass is 35.5. The predicted octanol–water partition coefficient (Wildman–Crippen LogP) is 2.14. The van der Waals surface area contributed by atoms with Crippen molar-refractivity contribution < 1.29 is 10.2 Å². The number of rotatable bonds is 4. The van der Waals surface area contributed by atoms with E-state index in [-0.39, 0.29) is 19.1 Å². The van der Waals surface area contributed by atoms with Crippen molar-refractivity contribution in [1.82, 2.24) is 0 Å². The number of benzene rings is 1. The molecule has 0 aliphatic heterocycles. The van der Waals surface area contributed by atoms with Crippen LogP contribution in [0.3, 0.4) is 0 Å². The maximum atomic E-state index is 8.90. The van der Waals surface area contributed by atoms with Crippen molar-refractivity contribution in [3.8, 4) is 0 Å². The first-order chi connectivity index (χ1) is 6.67. The molecule has 1 aromatic carbocycles. The van der Waals surface area contributed by atoms with Gasteiger partial charge in [-0.25, -0.2) is 0 Å². The van der Waals surface area contributed by atoms with E-state index >= 15 is 0 Å². The zero-order valence-corrected chi connectivity index (χ0v) is 9.09. The first-order valence-electron chi connectivity index (χ1n) is 4.33. The van der Waals surface area contributed by atoms with E-state index in [2.05, 4.69) is 0 Å². The summed E-state index contributed by atoms with van der Waals surface area (Å²) >= 11 is 11.7. The van der Waals surface area contributed by atoms with E-state index in [4.69, 9.17) is 33.4 Å². The summed E-state index contributed by atoms with van der Waals surface area (Å²) in [4.78, 5) is 0. The Kier molecular flexibility index (Phi) is 4.69. The molecule has 1 rings (SSSR count). The third kappa shape index (κ3) is 3.14. The molecule has 0 amide bonds. The van der Waals surface area contributed by atoms with Crippen LogP contribution in [0, 0.1) is 5.92 Å². The van der Waals surface area contributed by atoms with E-state index in [9.17, 15) is 0 Å². The minimum atomic E-state index is -0.159. The lowest BCUT2D eigenvalue weighted by Crippen LogP contribution is -2.14. The zero-order chi connectivity index (χ0) is 10.6. The van der Waals surface area contributed by atoms with E-state index in [1.54, 1.807) is 12.1 Å². The molecule has 1 aromatic rings. The molecule has 0 bridgehead atoms. The average molecular weight is 235 g/mol. The highest BCUT2D eigenvalue weighted by Crippen LogP contribution is 2.23. The lowest BCUT2D eigenvalue weighted by atomic mass is 10.0. The fourth-order valence-corrected chi connectivity index (χ4v) is 1.67. The van der Waals surface area contributed by atoms with Gasteiger partial charge in [0.05, 0.1) is 0 Å². The molecule has 78 valence electrons. The summed E-state index contributed by atoms with van der Waals surface area (Å²) in [7, 11) is 0. The van der Waals surface area contributed by atoms with E-state index in [1.807, 2.05) is 6.07 Å². The van der Waals surface area contributed by atoms with Crippen molar-refractivity contribution in [2.75, 3.05) is 13.2 Å². The fraction of sp³-hybridized carbons (Fsp3) is 0.400. The molecule has 2 N–H and O–H groups in total. The SMILES string of the molecule is OCC(CO)Cc1ccc(Cl)cc1Cl. The summed E-state index contributed by atoms with van der Waals surface area (Å²) in [6.45, 7) is -0.0924. The second kappa shape index (κ2) is 5.56. The van der Waals surface area contributed by atoms with Gasteiger partial charge in [0.15, 0.2) is 0 Å². The van der Waals surface area contributed by atoms with Gasteiger partial charge < -0.3 is 10.2 Å². The van der Waals surface area contributed by atoms with E-state index in [1.165, 1.54) is 0 Å². The van der Waals surface area contributed by atoms with Gasteiger partial charge in [0, 0.05) is 29.2 Å². The minimum absolute atomic E-state index is 0.0462. The van der Waals surface area contributed by atoms with Crippen LogP contribution in [0.4, 0.5) is 0 Å². The Labute approximate surface area is 93.1 Å². The van der Waals surface area contributed by atoms with Crippen LogP contribution in [0.25, 0.3) is 0 Å². The van der Waals surface area contributed by atoms with Gasteiger partial charge in [-0.05, 0) is 24.1 Å². The summed E-state index contributed by atoms with van der Waals surface area (Å²) in [6.07, 6.45) is 0.559. The van der Waals surface area contributed by atoms with E-state index in [0.29, 0.717) is 16.5 Å².